The minimum Gasteiger partial charge on any atom is -0.335 e. The predicted molar refractivity (Wildman–Crippen MR) is 79.0 cm³/mol. The number of rotatable bonds is 7. The second-order valence-electron chi connectivity index (χ2n) is 5.16. The molecule has 0 aliphatic carbocycles. The van der Waals surface area contributed by atoms with Crippen LogP contribution in [0.3, 0.4) is 0 Å². The van der Waals surface area contributed by atoms with Gasteiger partial charge >= 0.3 is 0 Å². The van der Waals surface area contributed by atoms with Gasteiger partial charge in [-0.15, -0.1) is 0 Å². The van der Waals surface area contributed by atoms with Gasteiger partial charge in [0.05, 0.1) is 0 Å². The first-order valence-electron chi connectivity index (χ1n) is 7.05. The summed E-state index contributed by atoms with van der Waals surface area (Å²) in [4.78, 5) is 4.38. The fourth-order valence-electron chi connectivity index (χ4n) is 2.28. The fourth-order valence-corrected chi connectivity index (χ4v) is 2.28. The molecule has 2 rings (SSSR count). The molecule has 0 amide bonds. The monoisotopic (exact) mass is 257 g/mol. The highest BCUT2D eigenvalue weighted by Crippen LogP contribution is 2.07. The van der Waals surface area contributed by atoms with Gasteiger partial charge in [0.25, 0.3) is 0 Å². The van der Waals surface area contributed by atoms with E-state index < -0.39 is 0 Å². The average molecular weight is 257 g/mol. The molecule has 0 saturated heterocycles. The molecule has 19 heavy (non-hydrogen) atoms. The molecule has 1 heterocycles. The van der Waals surface area contributed by atoms with Gasteiger partial charge in [0.2, 0.25) is 0 Å². The quantitative estimate of drug-likeness (QED) is 0.775. The Morgan fingerprint density at radius 3 is 2.74 bits per heavy atom. The molecule has 0 radical (unpaired) electrons. The third kappa shape index (κ3) is 4.52. The minimum atomic E-state index is 0.172. The van der Waals surface area contributed by atoms with E-state index in [9.17, 15) is 0 Å². The summed E-state index contributed by atoms with van der Waals surface area (Å²) in [6.45, 7) is 3.06. The van der Waals surface area contributed by atoms with Gasteiger partial charge in [0.15, 0.2) is 0 Å². The van der Waals surface area contributed by atoms with E-state index in [0.717, 1.165) is 25.2 Å². The maximum absolute atomic E-state index is 5.83. The molecule has 2 N–H and O–H groups in total. The average Bonchev–Trinajstić information content (AvgIpc) is 2.82. The number of hydrogen-bond acceptors (Lipinski definition) is 2. The molecule has 3 heteroatoms. The maximum atomic E-state index is 5.83. The summed E-state index contributed by atoms with van der Waals surface area (Å²) < 4.78 is 2.23. The molecule has 3 nitrogen and oxygen atoms in total. The van der Waals surface area contributed by atoms with Gasteiger partial charge < -0.3 is 10.3 Å². The van der Waals surface area contributed by atoms with Gasteiger partial charge in [0, 0.05) is 31.4 Å². The molecule has 0 aliphatic rings. The van der Waals surface area contributed by atoms with Crippen molar-refractivity contribution in [3.63, 3.8) is 0 Å². The number of nitrogens with two attached hydrogens (primary N) is 1. The third-order valence-electron chi connectivity index (χ3n) is 3.26. The Bertz CT molecular complexity index is 474. The topological polar surface area (TPSA) is 43.8 Å². The molecule has 0 saturated carbocycles. The van der Waals surface area contributed by atoms with E-state index in [-0.39, 0.29) is 6.04 Å². The van der Waals surface area contributed by atoms with Crippen LogP contribution in [0.1, 0.15) is 31.2 Å². The van der Waals surface area contributed by atoms with E-state index in [2.05, 4.69) is 46.1 Å². The first-order chi connectivity index (χ1) is 9.25. The van der Waals surface area contributed by atoms with Crippen molar-refractivity contribution >= 4 is 0 Å². The molecule has 1 unspecified atom stereocenters. The van der Waals surface area contributed by atoms with Crippen molar-refractivity contribution in [1.29, 1.82) is 0 Å². The third-order valence-corrected chi connectivity index (χ3v) is 3.26. The first kappa shape index (κ1) is 13.8. The Kier molecular flexibility index (Phi) is 5.16. The lowest BCUT2D eigenvalue weighted by Gasteiger charge is -2.09. The normalized spacial score (nSPS) is 12.5. The second kappa shape index (κ2) is 7.10. The van der Waals surface area contributed by atoms with Crippen LogP contribution >= 0.6 is 0 Å². The van der Waals surface area contributed by atoms with Crippen LogP contribution in [-0.2, 0) is 19.4 Å². The number of unbranched alkanes of at least 4 members (excludes halogenated alkanes) is 1. The van der Waals surface area contributed by atoms with Gasteiger partial charge in [-0.1, -0.05) is 30.3 Å². The molecule has 0 fully saturated rings. The van der Waals surface area contributed by atoms with Crippen molar-refractivity contribution in [2.24, 2.45) is 5.73 Å². The molecular weight excluding hydrogens is 234 g/mol. The maximum Gasteiger partial charge on any atom is 0.110 e. The van der Waals surface area contributed by atoms with E-state index in [1.54, 1.807) is 0 Å². The van der Waals surface area contributed by atoms with E-state index in [1.807, 2.05) is 13.1 Å². The summed E-state index contributed by atoms with van der Waals surface area (Å²) >= 11 is 0. The van der Waals surface area contributed by atoms with E-state index in [0.29, 0.717) is 0 Å². The van der Waals surface area contributed by atoms with Crippen LogP contribution in [-0.4, -0.2) is 15.6 Å². The number of benzene rings is 1. The lowest BCUT2D eigenvalue weighted by molar-refractivity contribution is 0.569. The van der Waals surface area contributed by atoms with Crippen LogP contribution in [0.2, 0.25) is 0 Å². The fraction of sp³-hybridized carbons (Fsp3) is 0.438. The van der Waals surface area contributed by atoms with Crippen molar-refractivity contribution in [3.8, 4) is 0 Å². The number of hydrogen-bond donors (Lipinski definition) is 1. The summed E-state index contributed by atoms with van der Waals surface area (Å²) in [7, 11) is 0. The number of nitrogens with zero attached hydrogens (tertiary/aromatic N) is 2. The highest BCUT2D eigenvalue weighted by molar-refractivity contribution is 5.14. The Morgan fingerprint density at radius 2 is 2.00 bits per heavy atom. The number of aryl methyl sites for hydroxylation is 2. The van der Waals surface area contributed by atoms with Crippen LogP contribution in [0.25, 0.3) is 0 Å². The predicted octanol–water partition coefficient (Wildman–Crippen LogP) is 2.80. The molecule has 102 valence electrons. The zero-order valence-corrected chi connectivity index (χ0v) is 11.6. The van der Waals surface area contributed by atoms with Crippen LogP contribution < -0.4 is 5.73 Å². The van der Waals surface area contributed by atoms with Gasteiger partial charge in [-0.3, -0.25) is 0 Å². The van der Waals surface area contributed by atoms with Crippen molar-refractivity contribution in [3.05, 3.63) is 54.1 Å². The summed E-state index contributed by atoms with van der Waals surface area (Å²) in [5.41, 5.74) is 7.25. The van der Waals surface area contributed by atoms with Crippen molar-refractivity contribution in [1.82, 2.24) is 9.55 Å². The summed E-state index contributed by atoms with van der Waals surface area (Å²) in [5, 5.41) is 0. The van der Waals surface area contributed by atoms with Crippen LogP contribution in [0, 0.1) is 0 Å². The van der Waals surface area contributed by atoms with Gasteiger partial charge in [0.1, 0.15) is 5.82 Å². The molecule has 0 aliphatic heterocycles. The number of imidazole rings is 1. The highest BCUT2D eigenvalue weighted by atomic mass is 15.1. The summed E-state index contributed by atoms with van der Waals surface area (Å²) in [6, 6.07) is 10.8. The Morgan fingerprint density at radius 1 is 1.21 bits per heavy atom. The SMILES string of the molecule is CC(N)Cc1nccn1CCCCc1ccccc1. The summed E-state index contributed by atoms with van der Waals surface area (Å²) in [5.74, 6) is 1.11. The molecular formula is C16H23N3. The zero-order valence-electron chi connectivity index (χ0n) is 11.6. The second-order valence-corrected chi connectivity index (χ2v) is 5.16. The molecule has 0 bridgehead atoms. The number of aromatic nitrogens is 2. The van der Waals surface area contributed by atoms with Crippen molar-refractivity contribution < 1.29 is 0 Å². The Labute approximate surface area is 115 Å². The zero-order chi connectivity index (χ0) is 13.5. The van der Waals surface area contributed by atoms with Gasteiger partial charge in [-0.25, -0.2) is 4.98 Å². The standard InChI is InChI=1S/C16H23N3/c1-14(17)13-16-18-10-12-19(16)11-6-5-9-15-7-3-2-4-8-15/h2-4,7-8,10,12,14H,5-6,9,11,13,17H2,1H3. The molecule has 1 aromatic carbocycles. The van der Waals surface area contributed by atoms with Crippen molar-refractivity contribution in [2.45, 2.75) is 45.2 Å². The van der Waals surface area contributed by atoms with Crippen LogP contribution in [0.4, 0.5) is 0 Å². The molecule has 2 aromatic rings. The lowest BCUT2D eigenvalue weighted by Crippen LogP contribution is -2.20. The highest BCUT2D eigenvalue weighted by Gasteiger charge is 2.05. The molecule has 0 spiro atoms. The van der Waals surface area contributed by atoms with E-state index in [4.69, 9.17) is 5.73 Å². The Hall–Kier alpha value is -1.61. The molecule has 1 atom stereocenters. The summed E-state index contributed by atoms with van der Waals surface area (Å²) in [6.07, 6.45) is 8.32. The van der Waals surface area contributed by atoms with Crippen LogP contribution in [0.5, 0.6) is 0 Å². The van der Waals surface area contributed by atoms with Gasteiger partial charge in [-0.05, 0) is 31.7 Å². The minimum absolute atomic E-state index is 0.172. The Balaban J connectivity index is 1.75. The van der Waals surface area contributed by atoms with Crippen molar-refractivity contribution in [2.75, 3.05) is 0 Å². The van der Waals surface area contributed by atoms with Crippen LogP contribution in [0.15, 0.2) is 42.7 Å². The molecule has 1 aromatic heterocycles. The van der Waals surface area contributed by atoms with E-state index >= 15 is 0 Å². The van der Waals surface area contributed by atoms with Gasteiger partial charge in [-0.2, -0.15) is 0 Å². The lowest BCUT2D eigenvalue weighted by atomic mass is 10.1. The van der Waals surface area contributed by atoms with E-state index in [1.165, 1.54) is 18.4 Å². The first-order valence-corrected chi connectivity index (χ1v) is 7.05. The largest absolute Gasteiger partial charge is 0.335 e. The smallest absolute Gasteiger partial charge is 0.110 e.